The summed E-state index contributed by atoms with van der Waals surface area (Å²) in [5.74, 6) is 0.218. The van der Waals surface area contributed by atoms with Crippen molar-refractivity contribution in [2.45, 2.75) is 19.8 Å². The molecule has 1 aliphatic rings. The van der Waals surface area contributed by atoms with Crippen LogP contribution in [0.2, 0.25) is 0 Å². The Kier molecular flexibility index (Phi) is 2.13. The zero-order chi connectivity index (χ0) is 12.0. The van der Waals surface area contributed by atoms with Crippen molar-refractivity contribution in [3.8, 4) is 0 Å². The van der Waals surface area contributed by atoms with E-state index in [1.54, 1.807) is 0 Å². The molecule has 3 heteroatoms. The largest absolute Gasteiger partial charge is 0.358 e. The van der Waals surface area contributed by atoms with Crippen molar-refractivity contribution in [1.29, 1.82) is 0 Å². The number of hydrogen-bond donors (Lipinski definition) is 2. The molecule has 0 spiro atoms. The zero-order valence-electron chi connectivity index (χ0n) is 9.92. The first-order valence-corrected chi connectivity index (χ1v) is 6.00. The van der Waals surface area contributed by atoms with E-state index >= 15 is 0 Å². The molecule has 0 aliphatic heterocycles. The average Bonchev–Trinajstić information content (AvgIpc) is 3.06. The molecule has 1 saturated carbocycles. The standard InChI is InChI=1S/C14H16N2O/c1-9-12(13(17)14(8-15)6-7-14)10-4-2-3-5-11(10)16-9/h2-5,16H,6-8,15H2,1H3. The Morgan fingerprint density at radius 3 is 2.76 bits per heavy atom. The van der Waals surface area contributed by atoms with Crippen molar-refractivity contribution in [1.82, 2.24) is 4.98 Å². The van der Waals surface area contributed by atoms with Crippen LogP contribution in [0.3, 0.4) is 0 Å². The van der Waals surface area contributed by atoms with Gasteiger partial charge in [-0.15, -0.1) is 0 Å². The zero-order valence-corrected chi connectivity index (χ0v) is 9.92. The summed E-state index contributed by atoms with van der Waals surface area (Å²) in [6.07, 6.45) is 1.86. The number of aryl methyl sites for hydroxylation is 1. The molecule has 0 unspecified atom stereocenters. The van der Waals surface area contributed by atoms with Crippen LogP contribution in [0.4, 0.5) is 0 Å². The van der Waals surface area contributed by atoms with E-state index in [-0.39, 0.29) is 11.2 Å². The normalized spacial score (nSPS) is 17.3. The number of rotatable bonds is 3. The number of nitrogens with two attached hydrogens (primary N) is 1. The Hall–Kier alpha value is -1.61. The van der Waals surface area contributed by atoms with E-state index < -0.39 is 0 Å². The predicted octanol–water partition coefficient (Wildman–Crippen LogP) is 2.40. The molecule has 2 aromatic rings. The summed E-state index contributed by atoms with van der Waals surface area (Å²) in [4.78, 5) is 15.8. The van der Waals surface area contributed by atoms with Gasteiger partial charge in [-0.3, -0.25) is 4.79 Å². The molecule has 3 N–H and O–H groups in total. The van der Waals surface area contributed by atoms with Crippen molar-refractivity contribution in [3.63, 3.8) is 0 Å². The molecule has 1 heterocycles. The van der Waals surface area contributed by atoms with E-state index in [0.29, 0.717) is 6.54 Å². The molecule has 1 fully saturated rings. The summed E-state index contributed by atoms with van der Waals surface area (Å²) >= 11 is 0. The molecule has 3 rings (SSSR count). The molecule has 1 aromatic heterocycles. The maximum atomic E-state index is 12.6. The number of para-hydroxylation sites is 1. The molecule has 0 radical (unpaired) electrons. The number of carbonyl (C=O) groups is 1. The Morgan fingerprint density at radius 2 is 2.12 bits per heavy atom. The lowest BCUT2D eigenvalue weighted by atomic mass is 9.93. The van der Waals surface area contributed by atoms with E-state index in [0.717, 1.165) is 35.0 Å². The van der Waals surface area contributed by atoms with Gasteiger partial charge in [0.2, 0.25) is 0 Å². The number of benzene rings is 1. The molecule has 0 saturated heterocycles. The summed E-state index contributed by atoms with van der Waals surface area (Å²) < 4.78 is 0. The third-order valence-electron chi connectivity index (χ3n) is 3.85. The predicted molar refractivity (Wildman–Crippen MR) is 68.1 cm³/mol. The van der Waals surface area contributed by atoms with Crippen molar-refractivity contribution in [2.24, 2.45) is 11.1 Å². The number of aromatic amines is 1. The highest BCUT2D eigenvalue weighted by molar-refractivity contribution is 6.12. The summed E-state index contributed by atoms with van der Waals surface area (Å²) in [6, 6.07) is 7.94. The second kappa shape index (κ2) is 3.44. The van der Waals surface area contributed by atoms with Crippen molar-refractivity contribution < 1.29 is 4.79 Å². The van der Waals surface area contributed by atoms with Crippen LogP contribution in [0.15, 0.2) is 24.3 Å². The quantitative estimate of drug-likeness (QED) is 0.792. The molecule has 0 amide bonds. The number of Topliss-reactive ketones (excluding diaryl/α,β-unsaturated/α-hetero) is 1. The Balaban J connectivity index is 2.17. The lowest BCUT2D eigenvalue weighted by Crippen LogP contribution is -2.25. The number of H-pyrrole nitrogens is 1. The van der Waals surface area contributed by atoms with Gasteiger partial charge in [0.1, 0.15) is 0 Å². The maximum absolute atomic E-state index is 12.6. The summed E-state index contributed by atoms with van der Waals surface area (Å²) in [5, 5.41) is 1.02. The Bertz CT molecular complexity index is 593. The molecule has 1 aliphatic carbocycles. The van der Waals surface area contributed by atoms with Gasteiger partial charge >= 0.3 is 0 Å². The van der Waals surface area contributed by atoms with Gasteiger partial charge in [-0.25, -0.2) is 0 Å². The van der Waals surface area contributed by atoms with Crippen molar-refractivity contribution in [2.75, 3.05) is 6.54 Å². The average molecular weight is 228 g/mol. The fourth-order valence-corrected chi connectivity index (χ4v) is 2.51. The van der Waals surface area contributed by atoms with Gasteiger partial charge in [0.05, 0.1) is 0 Å². The molecule has 0 atom stereocenters. The molecular weight excluding hydrogens is 212 g/mol. The van der Waals surface area contributed by atoms with E-state index in [1.165, 1.54) is 0 Å². The van der Waals surface area contributed by atoms with Crippen LogP contribution in [-0.2, 0) is 0 Å². The molecule has 88 valence electrons. The van der Waals surface area contributed by atoms with E-state index in [2.05, 4.69) is 4.98 Å². The number of ketones is 1. The van der Waals surface area contributed by atoms with E-state index in [4.69, 9.17) is 5.73 Å². The topological polar surface area (TPSA) is 58.9 Å². The van der Waals surface area contributed by atoms with Gasteiger partial charge in [0, 0.05) is 34.1 Å². The second-order valence-electron chi connectivity index (χ2n) is 4.98. The van der Waals surface area contributed by atoms with Crippen LogP contribution in [0.1, 0.15) is 28.9 Å². The minimum absolute atomic E-state index is 0.218. The summed E-state index contributed by atoms with van der Waals surface area (Å²) in [7, 11) is 0. The molecular formula is C14H16N2O. The second-order valence-corrected chi connectivity index (χ2v) is 4.98. The van der Waals surface area contributed by atoms with Gasteiger partial charge in [0.25, 0.3) is 0 Å². The monoisotopic (exact) mass is 228 g/mol. The highest BCUT2D eigenvalue weighted by Gasteiger charge is 2.49. The van der Waals surface area contributed by atoms with Crippen molar-refractivity contribution >= 4 is 16.7 Å². The maximum Gasteiger partial charge on any atom is 0.172 e. The lowest BCUT2D eigenvalue weighted by molar-refractivity contribution is 0.0907. The number of aromatic nitrogens is 1. The Labute approximate surface area is 100 Å². The highest BCUT2D eigenvalue weighted by atomic mass is 16.1. The third-order valence-corrected chi connectivity index (χ3v) is 3.85. The fourth-order valence-electron chi connectivity index (χ4n) is 2.51. The Morgan fingerprint density at radius 1 is 1.41 bits per heavy atom. The number of nitrogens with one attached hydrogen (secondary N) is 1. The van der Waals surface area contributed by atoms with Gasteiger partial charge in [0.15, 0.2) is 5.78 Å². The minimum atomic E-state index is -0.268. The van der Waals surface area contributed by atoms with Crippen LogP contribution >= 0.6 is 0 Å². The fraction of sp³-hybridized carbons (Fsp3) is 0.357. The van der Waals surface area contributed by atoms with Crippen LogP contribution in [-0.4, -0.2) is 17.3 Å². The van der Waals surface area contributed by atoms with Crippen LogP contribution in [0, 0.1) is 12.3 Å². The van der Waals surface area contributed by atoms with Gasteiger partial charge < -0.3 is 10.7 Å². The van der Waals surface area contributed by atoms with Crippen LogP contribution in [0.5, 0.6) is 0 Å². The molecule has 17 heavy (non-hydrogen) atoms. The van der Waals surface area contributed by atoms with E-state index in [1.807, 2.05) is 31.2 Å². The highest BCUT2D eigenvalue weighted by Crippen LogP contribution is 2.48. The number of hydrogen-bond acceptors (Lipinski definition) is 2. The van der Waals surface area contributed by atoms with Crippen LogP contribution < -0.4 is 5.73 Å². The summed E-state index contributed by atoms with van der Waals surface area (Å²) in [5.41, 5.74) is 8.29. The smallest absolute Gasteiger partial charge is 0.172 e. The lowest BCUT2D eigenvalue weighted by Gasteiger charge is -2.10. The SMILES string of the molecule is Cc1[nH]c2ccccc2c1C(=O)C1(CN)CC1. The van der Waals surface area contributed by atoms with Crippen molar-refractivity contribution in [3.05, 3.63) is 35.5 Å². The van der Waals surface area contributed by atoms with Gasteiger partial charge in [-0.2, -0.15) is 0 Å². The third kappa shape index (κ3) is 1.42. The number of carbonyl (C=O) groups excluding carboxylic acids is 1. The minimum Gasteiger partial charge on any atom is -0.358 e. The first kappa shape index (κ1) is 10.5. The van der Waals surface area contributed by atoms with Gasteiger partial charge in [-0.1, -0.05) is 18.2 Å². The van der Waals surface area contributed by atoms with E-state index in [9.17, 15) is 4.79 Å². The summed E-state index contributed by atoms with van der Waals surface area (Å²) in [6.45, 7) is 2.42. The first-order chi connectivity index (χ1) is 8.18. The van der Waals surface area contributed by atoms with Crippen LogP contribution in [0.25, 0.3) is 10.9 Å². The number of fused-ring (bicyclic) bond motifs is 1. The van der Waals surface area contributed by atoms with Gasteiger partial charge in [-0.05, 0) is 25.8 Å². The molecule has 3 nitrogen and oxygen atoms in total. The molecule has 0 bridgehead atoms. The first-order valence-electron chi connectivity index (χ1n) is 6.00. The molecule has 1 aromatic carbocycles.